The number of imide groups is 1. The second-order valence-corrected chi connectivity index (χ2v) is 5.78. The molecule has 9 heteroatoms. The smallest absolute Gasteiger partial charge is 0.325 e. The number of nitrogens with one attached hydrogen (secondary N) is 2. The lowest BCUT2D eigenvalue weighted by Crippen LogP contribution is -2.40. The molecule has 0 radical (unpaired) electrons. The zero-order chi connectivity index (χ0) is 17.7. The van der Waals surface area contributed by atoms with Crippen LogP contribution >= 0.6 is 0 Å². The highest BCUT2D eigenvalue weighted by Gasteiger charge is 2.44. The zero-order valence-electron chi connectivity index (χ0n) is 13.5. The molecule has 1 aromatic heterocycles. The second kappa shape index (κ2) is 7.16. The Balaban J connectivity index is 1.67. The van der Waals surface area contributed by atoms with Crippen LogP contribution in [0.15, 0.2) is 22.8 Å². The summed E-state index contributed by atoms with van der Waals surface area (Å²) in [4.78, 5) is 47.7. The fraction of sp³-hybridized carbons (Fsp3) is 0.467. The molecule has 0 spiro atoms. The van der Waals surface area contributed by atoms with Crippen LogP contribution in [0.2, 0.25) is 0 Å². The first kappa shape index (κ1) is 17.5. The highest BCUT2D eigenvalue weighted by molar-refractivity contribution is 6.06. The van der Waals surface area contributed by atoms with Gasteiger partial charge in [0.2, 0.25) is 0 Å². The van der Waals surface area contributed by atoms with Crippen LogP contribution in [0.3, 0.4) is 0 Å². The summed E-state index contributed by atoms with van der Waals surface area (Å²) in [7, 11) is 0. The first-order chi connectivity index (χ1) is 11.3. The summed E-state index contributed by atoms with van der Waals surface area (Å²) in [5, 5.41) is 5.03. The number of furan rings is 1. The van der Waals surface area contributed by atoms with E-state index in [1.165, 1.54) is 6.26 Å². The molecule has 0 atom stereocenters. The van der Waals surface area contributed by atoms with E-state index >= 15 is 0 Å². The Morgan fingerprint density at radius 1 is 1.38 bits per heavy atom. The van der Waals surface area contributed by atoms with Gasteiger partial charge in [-0.15, -0.1) is 0 Å². The molecule has 0 aromatic carbocycles. The number of amides is 4. The van der Waals surface area contributed by atoms with Gasteiger partial charge in [-0.1, -0.05) is 0 Å². The quantitative estimate of drug-likeness (QED) is 0.540. The predicted molar refractivity (Wildman–Crippen MR) is 80.5 cm³/mol. The first-order valence-electron chi connectivity index (χ1n) is 7.38. The Morgan fingerprint density at radius 3 is 2.71 bits per heavy atom. The van der Waals surface area contributed by atoms with Crippen LogP contribution in [0.25, 0.3) is 0 Å². The molecule has 4 amide bonds. The van der Waals surface area contributed by atoms with E-state index in [2.05, 4.69) is 10.6 Å². The minimum atomic E-state index is -0.979. The lowest BCUT2D eigenvalue weighted by molar-refractivity contribution is -0.149. The van der Waals surface area contributed by atoms with Crippen molar-refractivity contribution in [1.82, 2.24) is 15.5 Å². The zero-order valence-corrected chi connectivity index (χ0v) is 13.5. The monoisotopic (exact) mass is 337 g/mol. The summed E-state index contributed by atoms with van der Waals surface area (Å²) in [6.07, 6.45) is 1.30. The van der Waals surface area contributed by atoms with Gasteiger partial charge >= 0.3 is 12.0 Å². The highest BCUT2D eigenvalue weighted by atomic mass is 16.5. The Bertz CT molecular complexity index is 638. The van der Waals surface area contributed by atoms with E-state index < -0.39 is 36.0 Å². The maximum atomic E-state index is 11.9. The molecule has 1 aromatic rings. The van der Waals surface area contributed by atoms with E-state index in [0.717, 1.165) is 4.90 Å². The van der Waals surface area contributed by atoms with Crippen LogP contribution in [0.4, 0.5) is 4.79 Å². The third-order valence-corrected chi connectivity index (χ3v) is 3.39. The summed E-state index contributed by atoms with van der Waals surface area (Å²) in [6, 6.07) is 2.85. The molecule has 1 aliphatic rings. The molecule has 0 unspecified atom stereocenters. The molecule has 1 saturated heterocycles. The van der Waals surface area contributed by atoms with Gasteiger partial charge < -0.3 is 19.8 Å². The van der Waals surface area contributed by atoms with Gasteiger partial charge in [0.15, 0.2) is 6.61 Å². The van der Waals surface area contributed by atoms with Crippen LogP contribution in [0.5, 0.6) is 0 Å². The minimum Gasteiger partial charge on any atom is -0.467 e. The van der Waals surface area contributed by atoms with Crippen molar-refractivity contribution < 1.29 is 28.3 Å². The fourth-order valence-electron chi connectivity index (χ4n) is 2.09. The van der Waals surface area contributed by atoms with E-state index in [1.807, 2.05) is 0 Å². The third kappa shape index (κ3) is 4.34. The summed E-state index contributed by atoms with van der Waals surface area (Å²) >= 11 is 0. The number of nitrogens with zero attached hydrogens (tertiary/aromatic N) is 1. The van der Waals surface area contributed by atoms with Gasteiger partial charge in [-0.25, -0.2) is 4.79 Å². The normalized spacial score (nSPS) is 16.0. The summed E-state index contributed by atoms with van der Waals surface area (Å²) < 4.78 is 9.85. The lowest BCUT2D eigenvalue weighted by Gasteiger charge is -2.15. The predicted octanol–water partition coefficient (Wildman–Crippen LogP) is 0.160. The molecule has 9 nitrogen and oxygen atoms in total. The molecule has 1 aliphatic heterocycles. The SMILES string of the molecule is CC1(C)NC(=O)N(CCC(=O)OCC(=O)NCc2ccco2)C1=O. The number of hydrogen-bond acceptors (Lipinski definition) is 6. The maximum Gasteiger partial charge on any atom is 0.325 e. The van der Waals surface area contributed by atoms with Crippen molar-refractivity contribution in [3.63, 3.8) is 0 Å². The van der Waals surface area contributed by atoms with Crippen molar-refractivity contribution in [2.24, 2.45) is 0 Å². The van der Waals surface area contributed by atoms with Crippen LogP contribution < -0.4 is 10.6 Å². The molecule has 0 bridgehead atoms. The number of carbonyl (C=O) groups excluding carboxylic acids is 4. The molecular weight excluding hydrogens is 318 g/mol. The average molecular weight is 337 g/mol. The molecule has 24 heavy (non-hydrogen) atoms. The van der Waals surface area contributed by atoms with Crippen LogP contribution in [0.1, 0.15) is 26.0 Å². The van der Waals surface area contributed by atoms with Crippen molar-refractivity contribution in [2.45, 2.75) is 32.4 Å². The van der Waals surface area contributed by atoms with Crippen molar-refractivity contribution in [1.29, 1.82) is 0 Å². The van der Waals surface area contributed by atoms with Gasteiger partial charge in [0.1, 0.15) is 11.3 Å². The number of urea groups is 1. The third-order valence-electron chi connectivity index (χ3n) is 3.39. The standard InChI is InChI=1S/C15H19N3O6/c1-15(2)13(21)18(14(22)17-15)6-5-12(20)24-9-11(19)16-8-10-4-3-7-23-10/h3-4,7H,5-6,8-9H2,1-2H3,(H,16,19)(H,17,22). The van der Waals surface area contributed by atoms with Crippen molar-refractivity contribution in [3.8, 4) is 0 Å². The van der Waals surface area contributed by atoms with Crippen LogP contribution in [-0.2, 0) is 25.7 Å². The van der Waals surface area contributed by atoms with E-state index in [-0.39, 0.29) is 19.5 Å². The summed E-state index contributed by atoms with van der Waals surface area (Å²) in [5.41, 5.74) is -0.979. The van der Waals surface area contributed by atoms with Crippen LogP contribution in [0, 0.1) is 0 Å². The molecule has 0 saturated carbocycles. The maximum absolute atomic E-state index is 11.9. The second-order valence-electron chi connectivity index (χ2n) is 5.78. The average Bonchev–Trinajstić information content (AvgIpc) is 3.09. The molecule has 2 heterocycles. The first-order valence-corrected chi connectivity index (χ1v) is 7.38. The molecule has 130 valence electrons. The molecule has 1 fully saturated rings. The van der Waals surface area contributed by atoms with Gasteiger partial charge in [0.25, 0.3) is 11.8 Å². The highest BCUT2D eigenvalue weighted by Crippen LogP contribution is 2.16. The van der Waals surface area contributed by atoms with E-state index in [1.54, 1.807) is 26.0 Å². The van der Waals surface area contributed by atoms with E-state index in [0.29, 0.717) is 5.76 Å². The van der Waals surface area contributed by atoms with Crippen molar-refractivity contribution in [2.75, 3.05) is 13.2 Å². The largest absolute Gasteiger partial charge is 0.467 e. The Hall–Kier alpha value is -2.84. The lowest BCUT2D eigenvalue weighted by atomic mass is 10.1. The Morgan fingerprint density at radius 2 is 2.12 bits per heavy atom. The van der Waals surface area contributed by atoms with Gasteiger partial charge in [-0.05, 0) is 26.0 Å². The number of hydrogen-bond donors (Lipinski definition) is 2. The topological polar surface area (TPSA) is 118 Å². The van der Waals surface area contributed by atoms with Gasteiger partial charge in [-0.2, -0.15) is 0 Å². The van der Waals surface area contributed by atoms with E-state index in [9.17, 15) is 19.2 Å². The molecular formula is C15H19N3O6. The van der Waals surface area contributed by atoms with Crippen LogP contribution in [-0.4, -0.2) is 47.4 Å². The number of rotatable bonds is 7. The fourth-order valence-corrected chi connectivity index (χ4v) is 2.09. The number of esters is 1. The molecule has 2 N–H and O–H groups in total. The summed E-state index contributed by atoms with van der Waals surface area (Å²) in [6.45, 7) is 2.82. The number of ether oxygens (including phenoxy) is 1. The van der Waals surface area contributed by atoms with E-state index in [4.69, 9.17) is 9.15 Å². The molecule has 0 aliphatic carbocycles. The van der Waals surface area contributed by atoms with Gasteiger partial charge in [0.05, 0.1) is 19.2 Å². The minimum absolute atomic E-state index is 0.0963. The number of carbonyl (C=O) groups is 4. The summed E-state index contributed by atoms with van der Waals surface area (Å²) in [5.74, 6) is -0.975. The molecule has 2 rings (SSSR count). The van der Waals surface area contributed by atoms with Crippen molar-refractivity contribution >= 4 is 23.8 Å². The Kier molecular flexibility index (Phi) is 5.22. The Labute approximate surface area is 138 Å². The van der Waals surface area contributed by atoms with Gasteiger partial charge in [0, 0.05) is 6.54 Å². The van der Waals surface area contributed by atoms with Crippen molar-refractivity contribution in [3.05, 3.63) is 24.2 Å². The van der Waals surface area contributed by atoms with Gasteiger partial charge in [-0.3, -0.25) is 19.3 Å².